The molecule has 23 heavy (non-hydrogen) atoms. The maximum Gasteiger partial charge on any atom is 0.394 e. The molecule has 1 saturated carbocycles. The van der Waals surface area contributed by atoms with Gasteiger partial charge in [0.1, 0.15) is 0 Å². The standard InChI is InChI=1S/C13H17F5N2O3/c14-12(15)3-1-2-7(12)4-19-11(23)20-5-8(10(21)22)9(6-20)13(16,17)18/h7-9H,1-6H2,(H,19,23)(H,21,22)/t7?,8-,9-/m1/s1. The third kappa shape index (κ3) is 3.84. The van der Waals surface area contributed by atoms with Crippen molar-refractivity contribution < 1.29 is 36.6 Å². The molecule has 0 spiro atoms. The van der Waals surface area contributed by atoms with E-state index in [0.717, 1.165) is 4.90 Å². The lowest BCUT2D eigenvalue weighted by molar-refractivity contribution is -0.187. The van der Waals surface area contributed by atoms with Gasteiger partial charge in [0.15, 0.2) is 0 Å². The van der Waals surface area contributed by atoms with E-state index in [-0.39, 0.29) is 19.4 Å². The third-order valence-corrected chi connectivity index (χ3v) is 4.50. The number of carbonyl (C=O) groups excluding carboxylic acids is 1. The summed E-state index contributed by atoms with van der Waals surface area (Å²) in [6, 6.07) is -0.939. The van der Waals surface area contributed by atoms with Crippen molar-refractivity contribution in [2.24, 2.45) is 17.8 Å². The molecule has 1 aliphatic heterocycles. The quantitative estimate of drug-likeness (QED) is 0.772. The monoisotopic (exact) mass is 344 g/mol. The normalized spacial score (nSPS) is 30.5. The van der Waals surface area contributed by atoms with Gasteiger partial charge < -0.3 is 15.3 Å². The van der Waals surface area contributed by atoms with Crippen molar-refractivity contribution in [3.63, 3.8) is 0 Å². The van der Waals surface area contributed by atoms with Gasteiger partial charge in [-0.05, 0) is 12.8 Å². The van der Waals surface area contributed by atoms with Crippen LogP contribution in [0.25, 0.3) is 0 Å². The first-order chi connectivity index (χ1) is 10.5. The largest absolute Gasteiger partial charge is 0.481 e. The lowest BCUT2D eigenvalue weighted by atomic mass is 9.96. The van der Waals surface area contributed by atoms with Crippen LogP contribution in [-0.4, -0.2) is 53.7 Å². The van der Waals surface area contributed by atoms with E-state index in [0.29, 0.717) is 6.42 Å². The van der Waals surface area contributed by atoms with Crippen LogP contribution in [0.4, 0.5) is 26.7 Å². The molecule has 132 valence electrons. The molecule has 1 heterocycles. The highest BCUT2D eigenvalue weighted by Gasteiger charge is 2.53. The number of nitrogens with one attached hydrogen (secondary N) is 1. The smallest absolute Gasteiger partial charge is 0.394 e. The number of likely N-dealkylation sites (tertiary alicyclic amines) is 1. The fourth-order valence-electron chi connectivity index (χ4n) is 3.12. The van der Waals surface area contributed by atoms with Crippen LogP contribution in [0.15, 0.2) is 0 Å². The molecular weight excluding hydrogens is 327 g/mol. The molecule has 1 unspecified atom stereocenters. The Morgan fingerprint density at radius 1 is 1.26 bits per heavy atom. The van der Waals surface area contributed by atoms with Crippen LogP contribution >= 0.6 is 0 Å². The maximum atomic E-state index is 13.4. The maximum absolute atomic E-state index is 13.4. The first-order valence-corrected chi connectivity index (χ1v) is 7.22. The molecule has 2 amide bonds. The van der Waals surface area contributed by atoms with Gasteiger partial charge in [0.05, 0.1) is 11.8 Å². The van der Waals surface area contributed by atoms with Gasteiger partial charge in [-0.1, -0.05) is 0 Å². The highest BCUT2D eigenvalue weighted by Crippen LogP contribution is 2.40. The summed E-state index contributed by atoms with van der Waals surface area (Å²) in [4.78, 5) is 23.5. The summed E-state index contributed by atoms with van der Waals surface area (Å²) in [5.74, 6) is -9.46. The molecule has 2 N–H and O–H groups in total. The summed E-state index contributed by atoms with van der Waals surface area (Å²) in [5.41, 5.74) is 0. The van der Waals surface area contributed by atoms with Crippen LogP contribution in [0.3, 0.4) is 0 Å². The highest BCUT2D eigenvalue weighted by molar-refractivity contribution is 5.77. The second kappa shape index (κ2) is 6.12. The molecule has 5 nitrogen and oxygen atoms in total. The number of hydrogen-bond acceptors (Lipinski definition) is 2. The zero-order valence-electron chi connectivity index (χ0n) is 12.1. The Labute approximate surface area is 128 Å². The second-order valence-electron chi connectivity index (χ2n) is 6.03. The van der Waals surface area contributed by atoms with Crippen LogP contribution in [0.1, 0.15) is 19.3 Å². The number of carboxylic acids is 1. The van der Waals surface area contributed by atoms with Crippen LogP contribution in [0.2, 0.25) is 0 Å². The molecular formula is C13H17F5N2O3. The Hall–Kier alpha value is -1.61. The minimum Gasteiger partial charge on any atom is -0.481 e. The van der Waals surface area contributed by atoms with Gasteiger partial charge >= 0.3 is 18.2 Å². The summed E-state index contributed by atoms with van der Waals surface area (Å²) < 4.78 is 65.3. The molecule has 0 radical (unpaired) electrons. The minimum absolute atomic E-state index is 0.232. The first-order valence-electron chi connectivity index (χ1n) is 7.22. The predicted octanol–water partition coefficient (Wildman–Crippen LogP) is 2.33. The molecule has 1 aliphatic carbocycles. The van der Waals surface area contributed by atoms with Crippen LogP contribution in [0, 0.1) is 17.8 Å². The fraction of sp³-hybridized carbons (Fsp3) is 0.846. The number of carboxylic acid groups (broad SMARTS) is 1. The minimum atomic E-state index is -4.74. The Kier molecular flexibility index (Phi) is 4.72. The van der Waals surface area contributed by atoms with E-state index in [1.54, 1.807) is 0 Å². The third-order valence-electron chi connectivity index (χ3n) is 4.50. The van der Waals surface area contributed by atoms with Gasteiger partial charge in [-0.2, -0.15) is 13.2 Å². The summed E-state index contributed by atoms with van der Waals surface area (Å²) in [5, 5.41) is 11.1. The van der Waals surface area contributed by atoms with E-state index in [4.69, 9.17) is 5.11 Å². The molecule has 0 aromatic rings. The number of hydrogen-bond donors (Lipinski definition) is 2. The number of nitrogens with zero attached hydrogens (tertiary/aromatic N) is 1. The zero-order valence-corrected chi connectivity index (χ0v) is 12.1. The highest BCUT2D eigenvalue weighted by atomic mass is 19.4. The number of rotatable bonds is 3. The van der Waals surface area contributed by atoms with Crippen LogP contribution < -0.4 is 5.32 Å². The zero-order chi connectivity index (χ0) is 17.4. The Bertz CT molecular complexity index is 483. The average molecular weight is 344 g/mol. The summed E-state index contributed by atoms with van der Waals surface area (Å²) in [7, 11) is 0. The van der Waals surface area contributed by atoms with E-state index >= 15 is 0 Å². The molecule has 0 aromatic heterocycles. The molecule has 1 saturated heterocycles. The first kappa shape index (κ1) is 17.7. The number of aliphatic carboxylic acids is 1. The molecule has 10 heteroatoms. The van der Waals surface area contributed by atoms with Gasteiger partial charge in [0.25, 0.3) is 5.92 Å². The SMILES string of the molecule is O=C(O)[C@@H]1CN(C(=O)NCC2CCCC2(F)F)C[C@H]1C(F)(F)F. The van der Waals surface area contributed by atoms with Gasteiger partial charge in [-0.15, -0.1) is 0 Å². The number of urea groups is 1. The van der Waals surface area contributed by atoms with Crippen molar-refractivity contribution in [1.82, 2.24) is 10.2 Å². The summed E-state index contributed by atoms with van der Waals surface area (Å²) in [6.07, 6.45) is -4.45. The second-order valence-corrected chi connectivity index (χ2v) is 6.03. The van der Waals surface area contributed by atoms with Crippen molar-refractivity contribution in [2.45, 2.75) is 31.4 Å². The van der Waals surface area contributed by atoms with E-state index in [2.05, 4.69) is 5.32 Å². The predicted molar refractivity (Wildman–Crippen MR) is 67.9 cm³/mol. The summed E-state index contributed by atoms with van der Waals surface area (Å²) in [6.45, 7) is -1.71. The van der Waals surface area contributed by atoms with Crippen molar-refractivity contribution >= 4 is 12.0 Å². The van der Waals surface area contributed by atoms with Gasteiger partial charge in [-0.3, -0.25) is 4.79 Å². The molecule has 0 bridgehead atoms. The van der Waals surface area contributed by atoms with Gasteiger partial charge in [-0.25, -0.2) is 13.6 Å². The lowest BCUT2D eigenvalue weighted by Gasteiger charge is -2.22. The Balaban J connectivity index is 1.94. The van der Waals surface area contributed by atoms with Crippen molar-refractivity contribution in [1.29, 1.82) is 0 Å². The topological polar surface area (TPSA) is 69.6 Å². The number of alkyl halides is 5. The molecule has 0 aromatic carbocycles. The van der Waals surface area contributed by atoms with E-state index in [1.165, 1.54) is 0 Å². The average Bonchev–Trinajstić information content (AvgIpc) is 2.99. The van der Waals surface area contributed by atoms with Crippen molar-refractivity contribution in [3.05, 3.63) is 0 Å². The van der Waals surface area contributed by atoms with E-state index < -0.39 is 54.9 Å². The van der Waals surface area contributed by atoms with Crippen molar-refractivity contribution in [2.75, 3.05) is 19.6 Å². The van der Waals surface area contributed by atoms with Gasteiger partial charge in [0.2, 0.25) is 0 Å². The van der Waals surface area contributed by atoms with Gasteiger partial charge in [0, 0.05) is 32.0 Å². The lowest BCUT2D eigenvalue weighted by Crippen LogP contribution is -2.43. The fourth-order valence-corrected chi connectivity index (χ4v) is 3.12. The number of amides is 2. The number of halogens is 5. The molecule has 2 fully saturated rings. The van der Waals surface area contributed by atoms with E-state index in [9.17, 15) is 31.5 Å². The Morgan fingerprint density at radius 2 is 1.91 bits per heavy atom. The molecule has 2 aliphatic rings. The Morgan fingerprint density at radius 3 is 2.35 bits per heavy atom. The van der Waals surface area contributed by atoms with Crippen molar-refractivity contribution in [3.8, 4) is 0 Å². The summed E-state index contributed by atoms with van der Waals surface area (Å²) >= 11 is 0. The number of carbonyl (C=O) groups is 2. The molecule has 2 rings (SSSR count). The van der Waals surface area contributed by atoms with E-state index in [1.807, 2.05) is 0 Å². The molecule has 3 atom stereocenters. The van der Waals surface area contributed by atoms with Crippen LogP contribution in [-0.2, 0) is 4.79 Å². The van der Waals surface area contributed by atoms with Crippen LogP contribution in [0.5, 0.6) is 0 Å².